The molecular weight excluding hydrogens is 240 g/mol. The van der Waals surface area contributed by atoms with Crippen molar-refractivity contribution in [1.29, 1.82) is 5.26 Å². The topological polar surface area (TPSA) is 54.3 Å². The van der Waals surface area contributed by atoms with Crippen LogP contribution < -0.4 is 5.32 Å². The zero-order valence-corrected chi connectivity index (χ0v) is 11.6. The number of ether oxygens (including phenoxy) is 2. The molecule has 2 saturated carbocycles. The SMILES string of the molecule is N#CC1(NC2CC2)CCC(OCC2CCCCO2)C1. The zero-order valence-electron chi connectivity index (χ0n) is 11.6. The van der Waals surface area contributed by atoms with Crippen LogP contribution in [0.5, 0.6) is 0 Å². The van der Waals surface area contributed by atoms with Crippen LogP contribution in [-0.2, 0) is 9.47 Å². The van der Waals surface area contributed by atoms with Crippen molar-refractivity contribution in [3.63, 3.8) is 0 Å². The smallest absolute Gasteiger partial charge is 0.109 e. The van der Waals surface area contributed by atoms with Crippen LogP contribution in [0.1, 0.15) is 51.4 Å². The molecule has 0 bridgehead atoms. The van der Waals surface area contributed by atoms with Crippen LogP contribution in [0.4, 0.5) is 0 Å². The number of nitrogens with zero attached hydrogens (tertiary/aromatic N) is 1. The molecule has 0 aromatic carbocycles. The van der Waals surface area contributed by atoms with Crippen LogP contribution in [0.3, 0.4) is 0 Å². The summed E-state index contributed by atoms with van der Waals surface area (Å²) in [5.41, 5.74) is -0.320. The van der Waals surface area contributed by atoms with Gasteiger partial charge in [-0.05, 0) is 44.9 Å². The van der Waals surface area contributed by atoms with E-state index in [1.807, 2.05) is 0 Å². The Labute approximate surface area is 115 Å². The average molecular weight is 264 g/mol. The molecular formula is C15H24N2O2. The molecule has 3 atom stereocenters. The molecule has 0 aromatic heterocycles. The molecule has 19 heavy (non-hydrogen) atoms. The molecule has 1 N–H and O–H groups in total. The molecule has 3 fully saturated rings. The summed E-state index contributed by atoms with van der Waals surface area (Å²) in [5, 5.41) is 12.9. The van der Waals surface area contributed by atoms with Crippen molar-refractivity contribution in [2.75, 3.05) is 13.2 Å². The number of hydrogen-bond donors (Lipinski definition) is 1. The molecule has 106 valence electrons. The van der Waals surface area contributed by atoms with Gasteiger partial charge >= 0.3 is 0 Å². The Kier molecular flexibility index (Phi) is 4.07. The largest absolute Gasteiger partial charge is 0.376 e. The zero-order chi connectivity index (χ0) is 13.1. The Morgan fingerprint density at radius 3 is 2.84 bits per heavy atom. The van der Waals surface area contributed by atoms with Gasteiger partial charge in [0.15, 0.2) is 0 Å². The highest BCUT2D eigenvalue weighted by atomic mass is 16.5. The first-order valence-corrected chi connectivity index (χ1v) is 7.72. The van der Waals surface area contributed by atoms with Crippen molar-refractivity contribution in [2.24, 2.45) is 0 Å². The fourth-order valence-corrected chi connectivity index (χ4v) is 3.21. The number of nitriles is 1. The summed E-state index contributed by atoms with van der Waals surface area (Å²) in [4.78, 5) is 0. The molecule has 1 saturated heterocycles. The number of nitrogens with one attached hydrogen (secondary N) is 1. The quantitative estimate of drug-likeness (QED) is 0.826. The second-order valence-electron chi connectivity index (χ2n) is 6.30. The highest BCUT2D eigenvalue weighted by Crippen LogP contribution is 2.35. The Bertz CT molecular complexity index is 345. The molecule has 4 nitrogen and oxygen atoms in total. The van der Waals surface area contributed by atoms with Crippen LogP contribution >= 0.6 is 0 Å². The van der Waals surface area contributed by atoms with E-state index in [0.717, 1.165) is 32.3 Å². The summed E-state index contributed by atoms with van der Waals surface area (Å²) in [6.07, 6.45) is 9.29. The lowest BCUT2D eigenvalue weighted by Crippen LogP contribution is -2.43. The predicted octanol–water partition coefficient (Wildman–Crippen LogP) is 2.14. The summed E-state index contributed by atoms with van der Waals surface area (Å²) in [7, 11) is 0. The van der Waals surface area contributed by atoms with Gasteiger partial charge in [0.05, 0.1) is 24.9 Å². The predicted molar refractivity (Wildman–Crippen MR) is 71.7 cm³/mol. The van der Waals surface area contributed by atoms with Crippen molar-refractivity contribution < 1.29 is 9.47 Å². The van der Waals surface area contributed by atoms with Crippen LogP contribution in [0.2, 0.25) is 0 Å². The van der Waals surface area contributed by atoms with E-state index in [1.54, 1.807) is 0 Å². The molecule has 2 aliphatic carbocycles. The van der Waals surface area contributed by atoms with Crippen LogP contribution in [-0.4, -0.2) is 37.0 Å². The maximum absolute atomic E-state index is 9.44. The molecule has 3 rings (SSSR count). The molecule has 0 amide bonds. The minimum absolute atomic E-state index is 0.233. The highest BCUT2D eigenvalue weighted by molar-refractivity contribution is 5.14. The monoisotopic (exact) mass is 264 g/mol. The molecule has 4 heteroatoms. The van der Waals surface area contributed by atoms with Crippen LogP contribution in [0, 0.1) is 11.3 Å². The normalized spacial score (nSPS) is 39.1. The number of hydrogen-bond acceptors (Lipinski definition) is 4. The van der Waals surface area contributed by atoms with Gasteiger partial charge in [-0.2, -0.15) is 5.26 Å². The van der Waals surface area contributed by atoms with E-state index in [2.05, 4.69) is 11.4 Å². The second kappa shape index (κ2) is 5.78. The van der Waals surface area contributed by atoms with Crippen LogP contribution in [0.25, 0.3) is 0 Å². The van der Waals surface area contributed by atoms with E-state index in [4.69, 9.17) is 9.47 Å². The fourth-order valence-electron chi connectivity index (χ4n) is 3.21. The summed E-state index contributed by atoms with van der Waals surface area (Å²) in [5.74, 6) is 0. The second-order valence-corrected chi connectivity index (χ2v) is 6.30. The average Bonchev–Trinajstić information content (AvgIpc) is 3.17. The molecule has 0 aromatic rings. The maximum Gasteiger partial charge on any atom is 0.109 e. The van der Waals surface area contributed by atoms with Crippen molar-refractivity contribution in [3.05, 3.63) is 0 Å². The maximum atomic E-state index is 9.44. The number of rotatable bonds is 5. The van der Waals surface area contributed by atoms with E-state index in [9.17, 15) is 5.26 Å². The van der Waals surface area contributed by atoms with E-state index in [-0.39, 0.29) is 17.7 Å². The van der Waals surface area contributed by atoms with E-state index >= 15 is 0 Å². The minimum Gasteiger partial charge on any atom is -0.376 e. The van der Waals surface area contributed by atoms with Gasteiger partial charge in [-0.3, -0.25) is 5.32 Å². The van der Waals surface area contributed by atoms with Gasteiger partial charge in [-0.25, -0.2) is 0 Å². The summed E-state index contributed by atoms with van der Waals surface area (Å²) < 4.78 is 11.7. The Balaban J connectivity index is 1.44. The Hall–Kier alpha value is -0.630. The third-order valence-corrected chi connectivity index (χ3v) is 4.53. The lowest BCUT2D eigenvalue weighted by atomic mass is 9.99. The van der Waals surface area contributed by atoms with Crippen molar-refractivity contribution in [2.45, 2.75) is 75.2 Å². The molecule has 3 aliphatic rings. The van der Waals surface area contributed by atoms with E-state index in [1.165, 1.54) is 25.7 Å². The van der Waals surface area contributed by atoms with Gasteiger partial charge in [-0.1, -0.05) is 0 Å². The Morgan fingerprint density at radius 1 is 1.26 bits per heavy atom. The van der Waals surface area contributed by atoms with Crippen LogP contribution in [0.15, 0.2) is 0 Å². The highest BCUT2D eigenvalue weighted by Gasteiger charge is 2.43. The van der Waals surface area contributed by atoms with Gasteiger partial charge in [0, 0.05) is 19.1 Å². The third kappa shape index (κ3) is 3.47. The van der Waals surface area contributed by atoms with Gasteiger partial charge in [0.2, 0.25) is 0 Å². The van der Waals surface area contributed by atoms with Crippen molar-refractivity contribution >= 4 is 0 Å². The summed E-state index contributed by atoms with van der Waals surface area (Å²) in [6.45, 7) is 1.58. The molecule has 1 heterocycles. The Morgan fingerprint density at radius 2 is 2.16 bits per heavy atom. The van der Waals surface area contributed by atoms with Gasteiger partial charge in [-0.15, -0.1) is 0 Å². The van der Waals surface area contributed by atoms with E-state index in [0.29, 0.717) is 12.6 Å². The summed E-state index contributed by atoms with van der Waals surface area (Å²) in [6, 6.07) is 3.08. The molecule has 1 aliphatic heterocycles. The van der Waals surface area contributed by atoms with Gasteiger partial charge in [0.1, 0.15) is 5.54 Å². The first-order chi connectivity index (χ1) is 9.30. The first-order valence-electron chi connectivity index (χ1n) is 7.72. The minimum atomic E-state index is -0.320. The van der Waals surface area contributed by atoms with E-state index < -0.39 is 0 Å². The van der Waals surface area contributed by atoms with Gasteiger partial charge < -0.3 is 9.47 Å². The third-order valence-electron chi connectivity index (χ3n) is 4.53. The fraction of sp³-hybridized carbons (Fsp3) is 0.933. The van der Waals surface area contributed by atoms with Crippen molar-refractivity contribution in [1.82, 2.24) is 5.32 Å². The standard InChI is InChI=1S/C15H24N2O2/c16-11-15(17-12-4-5-12)7-6-13(9-15)19-10-14-3-1-2-8-18-14/h12-14,17H,1-10H2. The van der Waals surface area contributed by atoms with Crippen molar-refractivity contribution in [3.8, 4) is 6.07 Å². The summed E-state index contributed by atoms with van der Waals surface area (Å²) >= 11 is 0. The van der Waals surface area contributed by atoms with Gasteiger partial charge in [0.25, 0.3) is 0 Å². The lowest BCUT2D eigenvalue weighted by Gasteiger charge is -2.25. The molecule has 3 unspecified atom stereocenters. The lowest BCUT2D eigenvalue weighted by molar-refractivity contribution is -0.0620. The molecule has 0 radical (unpaired) electrons. The first kappa shape index (κ1) is 13.4. The molecule has 0 spiro atoms.